The van der Waals surface area contributed by atoms with Crippen molar-refractivity contribution in [3.8, 4) is 0 Å². The van der Waals surface area contributed by atoms with E-state index in [0.29, 0.717) is 12.2 Å². The molecule has 3 N–H and O–H groups in total. The maximum Gasteiger partial charge on any atom is 0.137 e. The lowest BCUT2D eigenvalue weighted by Gasteiger charge is -2.07. The Labute approximate surface area is 114 Å². The molecule has 3 aromatic rings. The van der Waals surface area contributed by atoms with E-state index >= 15 is 0 Å². The first-order chi connectivity index (χ1) is 9.22. The van der Waals surface area contributed by atoms with Crippen molar-refractivity contribution in [3.63, 3.8) is 0 Å². The third-order valence-corrected chi connectivity index (χ3v) is 3.65. The number of nitrogens with two attached hydrogens (primary N) is 1. The molecule has 0 spiro atoms. The number of anilines is 2. The largest absolute Gasteiger partial charge is 0.399 e. The third-order valence-electron chi connectivity index (χ3n) is 2.74. The van der Waals surface area contributed by atoms with E-state index < -0.39 is 0 Å². The molecule has 0 unspecified atom stereocenters. The zero-order chi connectivity index (χ0) is 13.2. The topological polar surface area (TPSA) is 76.7 Å². The van der Waals surface area contributed by atoms with Gasteiger partial charge in [0.05, 0.1) is 12.1 Å². The zero-order valence-corrected chi connectivity index (χ0v) is 11.2. The van der Waals surface area contributed by atoms with Gasteiger partial charge in [0.15, 0.2) is 0 Å². The highest BCUT2D eigenvalue weighted by Gasteiger charge is 2.05. The molecule has 0 aliphatic carbocycles. The van der Waals surface area contributed by atoms with Crippen LogP contribution in [0.1, 0.15) is 9.88 Å². The van der Waals surface area contributed by atoms with Crippen LogP contribution in [0.4, 0.5) is 11.5 Å². The lowest BCUT2D eigenvalue weighted by Crippen LogP contribution is -2.02. The maximum absolute atomic E-state index is 5.81. The number of benzene rings is 1. The van der Waals surface area contributed by atoms with Crippen LogP contribution in [-0.4, -0.2) is 15.0 Å². The highest BCUT2D eigenvalue weighted by atomic mass is 32.1. The molecule has 5 nitrogen and oxygen atoms in total. The number of nitrogen functional groups attached to an aromatic ring is 1. The minimum absolute atomic E-state index is 0.652. The Morgan fingerprint density at radius 3 is 2.95 bits per heavy atom. The zero-order valence-electron chi connectivity index (χ0n) is 10.4. The van der Waals surface area contributed by atoms with Gasteiger partial charge in [0, 0.05) is 22.1 Å². The Hall–Kier alpha value is -2.21. The van der Waals surface area contributed by atoms with Gasteiger partial charge in [-0.25, -0.2) is 15.0 Å². The Morgan fingerprint density at radius 2 is 2.16 bits per heavy atom. The molecule has 0 atom stereocenters. The van der Waals surface area contributed by atoms with E-state index in [-0.39, 0.29) is 0 Å². The quantitative estimate of drug-likeness (QED) is 0.716. The summed E-state index contributed by atoms with van der Waals surface area (Å²) >= 11 is 1.67. The van der Waals surface area contributed by atoms with E-state index in [0.717, 1.165) is 21.7 Å². The number of aryl methyl sites for hydroxylation is 1. The molecule has 19 heavy (non-hydrogen) atoms. The first kappa shape index (κ1) is 11.9. The van der Waals surface area contributed by atoms with Gasteiger partial charge in [-0.15, -0.1) is 11.3 Å². The van der Waals surface area contributed by atoms with Crippen LogP contribution in [0.25, 0.3) is 10.9 Å². The summed E-state index contributed by atoms with van der Waals surface area (Å²) in [4.78, 5) is 14.0. The van der Waals surface area contributed by atoms with Crippen molar-refractivity contribution in [2.24, 2.45) is 0 Å². The monoisotopic (exact) mass is 271 g/mol. The lowest BCUT2D eigenvalue weighted by molar-refractivity contribution is 1.07. The summed E-state index contributed by atoms with van der Waals surface area (Å²) in [5, 5.41) is 5.25. The Kier molecular flexibility index (Phi) is 3.00. The first-order valence-corrected chi connectivity index (χ1v) is 6.69. The summed E-state index contributed by atoms with van der Waals surface area (Å²) in [6, 6.07) is 5.61. The van der Waals surface area contributed by atoms with Crippen molar-refractivity contribution >= 4 is 33.7 Å². The number of nitrogens with one attached hydrogen (secondary N) is 1. The Balaban J connectivity index is 1.90. The average Bonchev–Trinajstić information content (AvgIpc) is 2.82. The number of nitrogens with zero attached hydrogens (tertiary/aromatic N) is 3. The van der Waals surface area contributed by atoms with Gasteiger partial charge in [0.25, 0.3) is 0 Å². The first-order valence-electron chi connectivity index (χ1n) is 5.88. The second kappa shape index (κ2) is 4.81. The molecule has 0 aliphatic heterocycles. The number of hydrogen-bond donors (Lipinski definition) is 2. The van der Waals surface area contributed by atoms with Crippen LogP contribution in [0.5, 0.6) is 0 Å². The Bertz CT molecular complexity index is 722. The fraction of sp³-hybridized carbons (Fsp3) is 0.154. The molecular formula is C13H13N5S. The Morgan fingerprint density at radius 1 is 1.26 bits per heavy atom. The van der Waals surface area contributed by atoms with Crippen molar-refractivity contribution in [3.05, 3.63) is 40.6 Å². The predicted molar refractivity (Wildman–Crippen MR) is 78.1 cm³/mol. The minimum atomic E-state index is 0.652. The predicted octanol–water partition coefficient (Wildman–Crippen LogP) is 2.59. The van der Waals surface area contributed by atoms with Gasteiger partial charge in [-0.2, -0.15) is 0 Å². The molecule has 2 heterocycles. The second-order valence-electron chi connectivity index (χ2n) is 4.22. The van der Waals surface area contributed by atoms with E-state index in [1.807, 2.05) is 31.3 Å². The van der Waals surface area contributed by atoms with Crippen LogP contribution in [0.2, 0.25) is 0 Å². The van der Waals surface area contributed by atoms with Gasteiger partial charge >= 0.3 is 0 Å². The fourth-order valence-corrected chi connectivity index (χ4v) is 2.58. The number of hydrogen-bond acceptors (Lipinski definition) is 6. The van der Waals surface area contributed by atoms with Gasteiger partial charge in [0.1, 0.15) is 17.2 Å². The molecule has 0 amide bonds. The van der Waals surface area contributed by atoms with E-state index in [2.05, 4.69) is 20.3 Å². The molecule has 0 aliphatic rings. The number of aromatic nitrogens is 3. The smallest absolute Gasteiger partial charge is 0.137 e. The van der Waals surface area contributed by atoms with Crippen LogP contribution in [0.15, 0.2) is 30.7 Å². The molecule has 1 aromatic carbocycles. The summed E-state index contributed by atoms with van der Waals surface area (Å²) in [5.74, 6) is 0.783. The third kappa shape index (κ3) is 2.48. The van der Waals surface area contributed by atoms with Crippen LogP contribution < -0.4 is 11.1 Å². The summed E-state index contributed by atoms with van der Waals surface area (Å²) in [6.07, 6.45) is 3.42. The minimum Gasteiger partial charge on any atom is -0.399 e. The molecule has 0 radical (unpaired) electrons. The molecule has 0 bridgehead atoms. The van der Waals surface area contributed by atoms with Crippen LogP contribution in [0, 0.1) is 6.92 Å². The van der Waals surface area contributed by atoms with Crippen molar-refractivity contribution in [2.45, 2.75) is 13.5 Å². The number of rotatable bonds is 3. The molecule has 96 valence electrons. The van der Waals surface area contributed by atoms with Crippen molar-refractivity contribution < 1.29 is 0 Å². The van der Waals surface area contributed by atoms with E-state index in [4.69, 9.17) is 5.73 Å². The number of fused-ring (bicyclic) bond motifs is 1. The van der Waals surface area contributed by atoms with E-state index in [1.54, 1.807) is 17.7 Å². The van der Waals surface area contributed by atoms with Gasteiger partial charge in [-0.3, -0.25) is 0 Å². The standard InChI is InChI=1S/C13H13N5S/c1-8-5-15-12(19-8)6-16-13-10-4-9(14)2-3-11(10)17-7-18-13/h2-5,7H,6,14H2,1H3,(H,16,17,18). The van der Waals surface area contributed by atoms with Crippen LogP contribution in [0.3, 0.4) is 0 Å². The molecule has 2 aromatic heterocycles. The fourth-order valence-electron chi connectivity index (χ4n) is 1.86. The SMILES string of the molecule is Cc1cnc(CNc2ncnc3ccc(N)cc23)s1. The molecule has 0 saturated heterocycles. The lowest BCUT2D eigenvalue weighted by atomic mass is 10.2. The van der Waals surface area contributed by atoms with Gasteiger partial charge in [-0.05, 0) is 25.1 Å². The van der Waals surface area contributed by atoms with E-state index in [9.17, 15) is 0 Å². The van der Waals surface area contributed by atoms with Gasteiger partial charge < -0.3 is 11.1 Å². The molecule has 0 fully saturated rings. The highest BCUT2D eigenvalue weighted by molar-refractivity contribution is 7.11. The van der Waals surface area contributed by atoms with Gasteiger partial charge in [-0.1, -0.05) is 0 Å². The molecular weight excluding hydrogens is 258 g/mol. The summed E-state index contributed by atoms with van der Waals surface area (Å²) in [6.45, 7) is 2.70. The summed E-state index contributed by atoms with van der Waals surface area (Å²) in [5.41, 5.74) is 7.39. The number of thiazole rings is 1. The summed E-state index contributed by atoms with van der Waals surface area (Å²) in [7, 11) is 0. The normalized spacial score (nSPS) is 10.8. The van der Waals surface area contributed by atoms with Crippen molar-refractivity contribution in [2.75, 3.05) is 11.1 Å². The maximum atomic E-state index is 5.81. The average molecular weight is 271 g/mol. The van der Waals surface area contributed by atoms with Gasteiger partial charge in [0.2, 0.25) is 0 Å². The summed E-state index contributed by atoms with van der Waals surface area (Å²) < 4.78 is 0. The molecule has 3 rings (SSSR count). The van der Waals surface area contributed by atoms with Crippen molar-refractivity contribution in [1.82, 2.24) is 15.0 Å². The molecule has 6 heteroatoms. The highest BCUT2D eigenvalue weighted by Crippen LogP contribution is 2.22. The molecule has 0 saturated carbocycles. The van der Waals surface area contributed by atoms with Crippen LogP contribution in [-0.2, 0) is 6.54 Å². The van der Waals surface area contributed by atoms with Crippen molar-refractivity contribution in [1.29, 1.82) is 0 Å². The van der Waals surface area contributed by atoms with Crippen LogP contribution >= 0.6 is 11.3 Å². The van der Waals surface area contributed by atoms with E-state index in [1.165, 1.54) is 4.88 Å². The second-order valence-corrected chi connectivity index (χ2v) is 5.54.